The second-order valence-electron chi connectivity index (χ2n) is 6.63. The van der Waals surface area contributed by atoms with Crippen molar-refractivity contribution in [3.05, 3.63) is 83.0 Å². The number of carboxylic acids is 1. The number of carbonyl (C=O) groups excluding carboxylic acids is 1. The quantitative estimate of drug-likeness (QED) is 0.418. The lowest BCUT2D eigenvalue weighted by Crippen LogP contribution is -2.37. The topological polar surface area (TPSA) is 80.0 Å². The molecule has 2 aromatic carbocycles. The lowest BCUT2D eigenvalue weighted by atomic mass is 10.1. The molecule has 1 aliphatic rings. The summed E-state index contributed by atoms with van der Waals surface area (Å²) >= 11 is 6.39. The molecular weight excluding hydrogens is 434 g/mol. The Morgan fingerprint density at radius 3 is 2.48 bits per heavy atom. The van der Waals surface area contributed by atoms with Gasteiger partial charge in [-0.05, 0) is 42.0 Å². The van der Waals surface area contributed by atoms with Crippen LogP contribution in [0.5, 0.6) is 5.75 Å². The van der Waals surface area contributed by atoms with Crippen molar-refractivity contribution >= 4 is 46.3 Å². The average molecular weight is 452 g/mol. The Balaban J connectivity index is 1.60. The molecule has 2 heterocycles. The van der Waals surface area contributed by atoms with Gasteiger partial charge >= 0.3 is 5.97 Å². The summed E-state index contributed by atoms with van der Waals surface area (Å²) in [6, 6.07) is 18.3. The minimum absolute atomic E-state index is 0.189. The highest BCUT2D eigenvalue weighted by atomic mass is 32.2. The van der Waals surface area contributed by atoms with Crippen molar-refractivity contribution in [1.82, 2.24) is 4.90 Å². The van der Waals surface area contributed by atoms with Gasteiger partial charge in [0.2, 0.25) is 0 Å². The third kappa shape index (κ3) is 4.26. The van der Waals surface area contributed by atoms with Crippen LogP contribution in [0.15, 0.2) is 76.1 Å². The van der Waals surface area contributed by atoms with Gasteiger partial charge in [0.15, 0.2) is 6.04 Å². The van der Waals surface area contributed by atoms with Crippen molar-refractivity contribution in [3.8, 4) is 17.1 Å². The summed E-state index contributed by atoms with van der Waals surface area (Å²) in [5, 5.41) is 9.76. The van der Waals surface area contributed by atoms with Gasteiger partial charge in [-0.15, -0.1) is 0 Å². The number of aliphatic carboxylic acids is 1. The highest BCUT2D eigenvalue weighted by Crippen LogP contribution is 2.38. The summed E-state index contributed by atoms with van der Waals surface area (Å²) in [6.45, 7) is 0. The summed E-state index contributed by atoms with van der Waals surface area (Å²) in [4.78, 5) is 26.4. The smallest absolute Gasteiger partial charge is 0.331 e. The highest BCUT2D eigenvalue weighted by molar-refractivity contribution is 8.26. The van der Waals surface area contributed by atoms with Gasteiger partial charge in [0.25, 0.3) is 5.91 Å². The fourth-order valence-electron chi connectivity index (χ4n) is 3.21. The second kappa shape index (κ2) is 8.79. The van der Waals surface area contributed by atoms with E-state index in [-0.39, 0.29) is 4.32 Å². The number of ether oxygens (including phenoxy) is 1. The van der Waals surface area contributed by atoms with Crippen LogP contribution >= 0.6 is 24.0 Å². The fraction of sp³-hybridized carbons (Fsp3) is 0.0870. The Labute approximate surface area is 188 Å². The van der Waals surface area contributed by atoms with E-state index in [1.54, 1.807) is 55.7 Å². The number of amides is 1. The van der Waals surface area contributed by atoms with Gasteiger partial charge in [-0.25, -0.2) is 4.79 Å². The van der Waals surface area contributed by atoms with Gasteiger partial charge in [0.1, 0.15) is 21.6 Å². The van der Waals surface area contributed by atoms with Gasteiger partial charge in [-0.1, -0.05) is 54.3 Å². The normalized spacial score (nSPS) is 16.0. The van der Waals surface area contributed by atoms with Crippen molar-refractivity contribution in [2.24, 2.45) is 0 Å². The predicted octanol–water partition coefficient (Wildman–Crippen LogP) is 4.98. The molecule has 1 aromatic heterocycles. The molecule has 0 aliphatic carbocycles. The predicted molar refractivity (Wildman–Crippen MR) is 123 cm³/mol. The van der Waals surface area contributed by atoms with Crippen LogP contribution in [0.25, 0.3) is 17.4 Å². The molecule has 1 fully saturated rings. The zero-order chi connectivity index (χ0) is 22.0. The maximum Gasteiger partial charge on any atom is 0.331 e. The number of hydrogen-bond acceptors (Lipinski definition) is 6. The minimum Gasteiger partial charge on any atom is -0.497 e. The van der Waals surface area contributed by atoms with E-state index in [4.69, 9.17) is 21.4 Å². The van der Waals surface area contributed by atoms with Gasteiger partial charge in [-0.2, -0.15) is 0 Å². The van der Waals surface area contributed by atoms with Crippen LogP contribution in [0.3, 0.4) is 0 Å². The van der Waals surface area contributed by atoms with Crippen molar-refractivity contribution in [1.29, 1.82) is 0 Å². The number of nitrogens with zero attached hydrogens (tertiary/aromatic N) is 1. The molecule has 31 heavy (non-hydrogen) atoms. The van der Waals surface area contributed by atoms with Crippen LogP contribution < -0.4 is 4.74 Å². The maximum absolute atomic E-state index is 13.0. The standard InChI is InChI=1S/C23H17NO5S2/c1-28-16-9-7-14(8-10-16)18-12-11-17(29-18)13-19-21(25)24(23(30)31-19)20(22(26)27)15-5-3-2-4-6-15/h2-13,20H,1H3,(H,26,27)/b19-13-. The van der Waals surface area contributed by atoms with E-state index in [2.05, 4.69) is 0 Å². The van der Waals surface area contributed by atoms with Crippen LogP contribution in [-0.2, 0) is 9.59 Å². The summed E-state index contributed by atoms with van der Waals surface area (Å²) in [7, 11) is 1.60. The molecule has 0 spiro atoms. The number of benzene rings is 2. The largest absolute Gasteiger partial charge is 0.497 e. The number of furan rings is 1. The van der Waals surface area contributed by atoms with Crippen molar-refractivity contribution < 1.29 is 23.8 Å². The van der Waals surface area contributed by atoms with Crippen LogP contribution in [0, 0.1) is 0 Å². The molecule has 0 bridgehead atoms. The van der Waals surface area contributed by atoms with Gasteiger partial charge in [-0.3, -0.25) is 9.69 Å². The summed E-state index contributed by atoms with van der Waals surface area (Å²) in [5.41, 5.74) is 1.34. The first-order chi connectivity index (χ1) is 15.0. The molecule has 0 saturated carbocycles. The van der Waals surface area contributed by atoms with E-state index in [1.165, 1.54) is 0 Å². The Morgan fingerprint density at radius 1 is 1.13 bits per heavy atom. The van der Waals surface area contributed by atoms with E-state index in [0.717, 1.165) is 28.0 Å². The maximum atomic E-state index is 13.0. The van der Waals surface area contributed by atoms with Crippen LogP contribution in [0.2, 0.25) is 0 Å². The molecule has 156 valence electrons. The highest BCUT2D eigenvalue weighted by Gasteiger charge is 2.41. The zero-order valence-corrected chi connectivity index (χ0v) is 18.0. The van der Waals surface area contributed by atoms with E-state index < -0.39 is 17.9 Å². The van der Waals surface area contributed by atoms with Crippen molar-refractivity contribution in [3.63, 3.8) is 0 Å². The molecule has 1 unspecified atom stereocenters. The first kappa shape index (κ1) is 20.9. The number of carboxylic acid groups (broad SMARTS) is 1. The number of thiocarbonyl (C=S) groups is 1. The fourth-order valence-corrected chi connectivity index (χ4v) is 4.50. The van der Waals surface area contributed by atoms with Crippen molar-refractivity contribution in [2.75, 3.05) is 7.11 Å². The zero-order valence-electron chi connectivity index (χ0n) is 16.3. The minimum atomic E-state index is -1.19. The molecule has 1 N–H and O–H groups in total. The Kier molecular flexibility index (Phi) is 5.92. The van der Waals surface area contributed by atoms with Crippen molar-refractivity contribution in [2.45, 2.75) is 6.04 Å². The van der Waals surface area contributed by atoms with Gasteiger partial charge in [0.05, 0.1) is 12.0 Å². The number of thioether (sulfide) groups is 1. The molecule has 1 amide bonds. The number of methoxy groups -OCH3 is 1. The average Bonchev–Trinajstić information content (AvgIpc) is 3.35. The van der Waals surface area contributed by atoms with Gasteiger partial charge < -0.3 is 14.3 Å². The Bertz CT molecular complexity index is 1170. The molecular formula is C23H17NO5S2. The van der Waals surface area contributed by atoms with Crippen LogP contribution in [0.1, 0.15) is 17.4 Å². The Morgan fingerprint density at radius 2 is 1.84 bits per heavy atom. The molecule has 6 nitrogen and oxygen atoms in total. The monoisotopic (exact) mass is 451 g/mol. The first-order valence-corrected chi connectivity index (χ1v) is 10.5. The molecule has 0 radical (unpaired) electrons. The molecule has 8 heteroatoms. The lowest BCUT2D eigenvalue weighted by molar-refractivity contribution is -0.145. The van der Waals surface area contributed by atoms with Crippen LogP contribution in [0.4, 0.5) is 0 Å². The SMILES string of the molecule is COc1ccc(-c2ccc(/C=C3\SC(=S)N(C(C(=O)O)c4ccccc4)C3=O)o2)cc1. The van der Waals surface area contributed by atoms with E-state index in [1.807, 2.05) is 24.3 Å². The summed E-state index contributed by atoms with van der Waals surface area (Å²) in [5.74, 6) is 0.234. The van der Waals surface area contributed by atoms with Crippen LogP contribution in [-0.4, -0.2) is 33.3 Å². The lowest BCUT2D eigenvalue weighted by Gasteiger charge is -2.23. The van der Waals surface area contributed by atoms with E-state index in [0.29, 0.717) is 22.0 Å². The number of hydrogen-bond donors (Lipinski definition) is 1. The first-order valence-electron chi connectivity index (χ1n) is 9.27. The third-order valence-corrected chi connectivity index (χ3v) is 6.04. The molecule has 1 aliphatic heterocycles. The number of rotatable bonds is 6. The molecule has 1 saturated heterocycles. The molecule has 1 atom stereocenters. The van der Waals surface area contributed by atoms with Gasteiger partial charge in [0, 0.05) is 11.6 Å². The Hall–Kier alpha value is -3.36. The summed E-state index contributed by atoms with van der Waals surface area (Å²) < 4.78 is 11.2. The number of carbonyl (C=O) groups is 2. The molecule has 4 rings (SSSR count). The third-order valence-electron chi connectivity index (χ3n) is 4.71. The van der Waals surface area contributed by atoms with E-state index >= 15 is 0 Å². The van der Waals surface area contributed by atoms with E-state index in [9.17, 15) is 14.7 Å². The second-order valence-corrected chi connectivity index (χ2v) is 8.31. The summed E-state index contributed by atoms with van der Waals surface area (Å²) in [6.07, 6.45) is 1.58. The molecule has 3 aromatic rings.